The summed E-state index contributed by atoms with van der Waals surface area (Å²) in [5.74, 6) is 0.396. The second-order valence-electron chi connectivity index (χ2n) is 4.34. The van der Waals surface area contributed by atoms with E-state index in [4.69, 9.17) is 4.74 Å². The van der Waals surface area contributed by atoms with Gasteiger partial charge < -0.3 is 4.74 Å². The Kier molecular flexibility index (Phi) is 2.76. The fourth-order valence-electron chi connectivity index (χ4n) is 2.30. The Morgan fingerprint density at radius 3 is 2.87 bits per heavy atom. The average Bonchev–Trinajstić information content (AvgIpc) is 2.16. The fraction of sp³-hybridized carbons (Fsp3) is 0.462. The second kappa shape index (κ2) is 4.05. The van der Waals surface area contributed by atoms with Gasteiger partial charge in [0.05, 0.1) is 0 Å². The lowest BCUT2D eigenvalue weighted by Crippen LogP contribution is -2.20. The molecule has 1 aromatic carbocycles. The molecule has 0 spiro atoms. The molecule has 0 saturated heterocycles. The van der Waals surface area contributed by atoms with E-state index < -0.39 is 0 Å². The fourth-order valence-corrected chi connectivity index (χ4v) is 2.30. The molecule has 15 heavy (non-hydrogen) atoms. The van der Waals surface area contributed by atoms with Crippen LogP contribution in [0.15, 0.2) is 24.3 Å². The lowest BCUT2D eigenvalue weighted by atomic mass is 9.83. The normalized spacial score (nSPS) is 24.4. The monoisotopic (exact) mass is 204 g/mol. The first-order valence-electron chi connectivity index (χ1n) is 5.42. The van der Waals surface area contributed by atoms with Crippen LogP contribution in [0.25, 0.3) is 0 Å². The number of hydrogen-bond acceptors (Lipinski definition) is 2. The van der Waals surface area contributed by atoms with Crippen molar-refractivity contribution in [2.24, 2.45) is 5.92 Å². The Labute approximate surface area is 90.3 Å². The van der Waals surface area contributed by atoms with Crippen molar-refractivity contribution in [3.63, 3.8) is 0 Å². The number of ether oxygens (including phenoxy) is 1. The van der Waals surface area contributed by atoms with Crippen LogP contribution in [0, 0.1) is 5.92 Å². The zero-order valence-electron chi connectivity index (χ0n) is 9.19. The van der Waals surface area contributed by atoms with E-state index in [1.54, 1.807) is 0 Å². The zero-order valence-corrected chi connectivity index (χ0v) is 9.19. The van der Waals surface area contributed by atoms with E-state index >= 15 is 0 Å². The highest BCUT2D eigenvalue weighted by molar-refractivity contribution is 5.66. The van der Waals surface area contributed by atoms with E-state index in [1.165, 1.54) is 18.1 Å². The third-order valence-electron chi connectivity index (χ3n) is 2.90. The summed E-state index contributed by atoms with van der Waals surface area (Å²) in [6.07, 6.45) is 1.99. The van der Waals surface area contributed by atoms with Crippen LogP contribution in [-0.2, 0) is 16.0 Å². The molecule has 0 saturated carbocycles. The molecule has 0 aromatic heterocycles. The van der Waals surface area contributed by atoms with Crippen LogP contribution in [-0.4, -0.2) is 5.97 Å². The SMILES string of the molecule is CC(=O)O[C@@H]1C[C@H](C)Cc2ccccc21. The van der Waals surface area contributed by atoms with Gasteiger partial charge in [0.25, 0.3) is 0 Å². The zero-order chi connectivity index (χ0) is 10.8. The predicted octanol–water partition coefficient (Wildman–Crippen LogP) is 2.87. The highest BCUT2D eigenvalue weighted by atomic mass is 16.5. The number of rotatable bonds is 1. The minimum absolute atomic E-state index is 0.0394. The molecular weight excluding hydrogens is 188 g/mol. The maximum Gasteiger partial charge on any atom is 0.303 e. The second-order valence-corrected chi connectivity index (χ2v) is 4.34. The molecule has 2 nitrogen and oxygen atoms in total. The van der Waals surface area contributed by atoms with Crippen LogP contribution in [0.3, 0.4) is 0 Å². The molecule has 0 unspecified atom stereocenters. The molecular formula is C13H16O2. The van der Waals surface area contributed by atoms with E-state index in [0.717, 1.165) is 12.8 Å². The lowest BCUT2D eigenvalue weighted by Gasteiger charge is -2.29. The third-order valence-corrected chi connectivity index (χ3v) is 2.90. The van der Waals surface area contributed by atoms with E-state index in [9.17, 15) is 4.79 Å². The number of fused-ring (bicyclic) bond motifs is 1. The van der Waals surface area contributed by atoms with E-state index in [1.807, 2.05) is 12.1 Å². The Morgan fingerprint density at radius 2 is 2.13 bits per heavy atom. The summed E-state index contributed by atoms with van der Waals surface area (Å²) in [4.78, 5) is 11.0. The highest BCUT2D eigenvalue weighted by Gasteiger charge is 2.26. The van der Waals surface area contributed by atoms with Crippen molar-refractivity contribution >= 4 is 5.97 Å². The largest absolute Gasteiger partial charge is 0.458 e. The first-order valence-corrected chi connectivity index (χ1v) is 5.42. The molecule has 0 fully saturated rings. The summed E-state index contributed by atoms with van der Waals surface area (Å²) in [6.45, 7) is 3.67. The maximum atomic E-state index is 11.0. The maximum absolute atomic E-state index is 11.0. The minimum atomic E-state index is -0.191. The van der Waals surface area contributed by atoms with Crippen LogP contribution in [0.2, 0.25) is 0 Å². The van der Waals surface area contributed by atoms with Gasteiger partial charge in [-0.15, -0.1) is 0 Å². The van der Waals surface area contributed by atoms with Gasteiger partial charge >= 0.3 is 5.97 Å². The van der Waals surface area contributed by atoms with Crippen molar-refractivity contribution in [2.75, 3.05) is 0 Å². The first-order chi connectivity index (χ1) is 7.16. The molecule has 0 amide bonds. The smallest absolute Gasteiger partial charge is 0.303 e. The molecule has 0 bridgehead atoms. The molecule has 0 N–H and O–H groups in total. The van der Waals surface area contributed by atoms with Gasteiger partial charge in [-0.3, -0.25) is 4.79 Å². The van der Waals surface area contributed by atoms with Gasteiger partial charge in [-0.25, -0.2) is 0 Å². The summed E-state index contributed by atoms with van der Waals surface area (Å²) in [6, 6.07) is 8.24. The first kappa shape index (κ1) is 10.2. The highest BCUT2D eigenvalue weighted by Crippen LogP contribution is 2.35. The van der Waals surface area contributed by atoms with E-state index in [-0.39, 0.29) is 12.1 Å². The average molecular weight is 204 g/mol. The summed E-state index contributed by atoms with van der Waals surface area (Å²) in [5, 5.41) is 0. The van der Waals surface area contributed by atoms with E-state index in [2.05, 4.69) is 19.1 Å². The molecule has 2 atom stereocenters. The van der Waals surface area contributed by atoms with E-state index in [0.29, 0.717) is 5.92 Å². The number of carbonyl (C=O) groups is 1. The lowest BCUT2D eigenvalue weighted by molar-refractivity contribution is -0.147. The molecule has 1 aromatic rings. The van der Waals surface area contributed by atoms with Gasteiger partial charge in [-0.05, 0) is 29.9 Å². The Morgan fingerprint density at radius 1 is 1.40 bits per heavy atom. The number of benzene rings is 1. The Hall–Kier alpha value is -1.31. The molecule has 1 aliphatic rings. The minimum Gasteiger partial charge on any atom is -0.458 e. The number of hydrogen-bond donors (Lipinski definition) is 0. The molecule has 2 rings (SSSR count). The van der Waals surface area contributed by atoms with Crippen LogP contribution < -0.4 is 0 Å². The van der Waals surface area contributed by atoms with Crippen molar-refractivity contribution in [3.8, 4) is 0 Å². The topological polar surface area (TPSA) is 26.3 Å². The standard InChI is InChI=1S/C13H16O2/c1-9-7-11-5-3-4-6-12(11)13(8-9)15-10(2)14/h3-6,9,13H,7-8H2,1-2H3/t9-,13-/m1/s1. The molecule has 2 heteroatoms. The van der Waals surface area contributed by atoms with Crippen molar-refractivity contribution in [3.05, 3.63) is 35.4 Å². The van der Waals surface area contributed by atoms with Crippen LogP contribution in [0.4, 0.5) is 0 Å². The molecule has 80 valence electrons. The third kappa shape index (κ3) is 2.20. The van der Waals surface area contributed by atoms with Crippen LogP contribution in [0.1, 0.15) is 37.5 Å². The van der Waals surface area contributed by atoms with Gasteiger partial charge in [-0.1, -0.05) is 31.2 Å². The quantitative estimate of drug-likeness (QED) is 0.657. The predicted molar refractivity (Wildman–Crippen MR) is 58.4 cm³/mol. The van der Waals surface area contributed by atoms with Gasteiger partial charge in [0.15, 0.2) is 0 Å². The Balaban J connectivity index is 2.29. The summed E-state index contributed by atoms with van der Waals surface area (Å²) >= 11 is 0. The Bertz CT molecular complexity index is 371. The number of carbonyl (C=O) groups excluding carboxylic acids is 1. The van der Waals surface area contributed by atoms with Crippen molar-refractivity contribution in [1.29, 1.82) is 0 Å². The van der Waals surface area contributed by atoms with Crippen molar-refractivity contribution in [2.45, 2.75) is 32.8 Å². The molecule has 0 radical (unpaired) electrons. The molecule has 0 aliphatic heterocycles. The molecule has 1 aliphatic carbocycles. The summed E-state index contributed by atoms with van der Waals surface area (Å²) in [7, 11) is 0. The van der Waals surface area contributed by atoms with Gasteiger partial charge in [0.2, 0.25) is 0 Å². The summed E-state index contributed by atoms with van der Waals surface area (Å²) < 4.78 is 5.35. The van der Waals surface area contributed by atoms with Crippen LogP contribution in [0.5, 0.6) is 0 Å². The van der Waals surface area contributed by atoms with Crippen molar-refractivity contribution < 1.29 is 9.53 Å². The summed E-state index contributed by atoms with van der Waals surface area (Å²) in [5.41, 5.74) is 2.51. The van der Waals surface area contributed by atoms with Gasteiger partial charge in [0, 0.05) is 6.92 Å². The van der Waals surface area contributed by atoms with Crippen molar-refractivity contribution in [1.82, 2.24) is 0 Å². The van der Waals surface area contributed by atoms with Gasteiger partial charge in [-0.2, -0.15) is 0 Å². The van der Waals surface area contributed by atoms with Crippen LogP contribution >= 0.6 is 0 Å². The molecule has 0 heterocycles. The number of esters is 1. The van der Waals surface area contributed by atoms with Gasteiger partial charge in [0.1, 0.15) is 6.10 Å².